The van der Waals surface area contributed by atoms with E-state index in [9.17, 15) is 14.4 Å². The minimum absolute atomic E-state index is 0.0616. The number of carbonyl (C=O) groups is 2. The second-order valence-electron chi connectivity index (χ2n) is 6.23. The molecule has 1 aliphatic heterocycles. The molecular weight excluding hydrogens is 314 g/mol. The summed E-state index contributed by atoms with van der Waals surface area (Å²) >= 11 is 0. The maximum absolute atomic E-state index is 12.5. The van der Waals surface area contributed by atoms with E-state index in [1.165, 1.54) is 19.9 Å². The monoisotopic (exact) mass is 337 g/mol. The van der Waals surface area contributed by atoms with E-state index in [1.54, 1.807) is 11.8 Å². The Morgan fingerprint density at radius 1 is 1.25 bits per heavy atom. The molecule has 0 unspecified atom stereocenters. The molecule has 0 saturated carbocycles. The van der Waals surface area contributed by atoms with Crippen LogP contribution in [0.2, 0.25) is 0 Å². The van der Waals surface area contributed by atoms with Crippen molar-refractivity contribution < 1.29 is 23.5 Å². The molecule has 1 fully saturated rings. The number of ether oxygens (including phenoxy) is 2. The summed E-state index contributed by atoms with van der Waals surface area (Å²) < 4.78 is 15.8. The maximum Gasteiger partial charge on any atom is 0.342 e. The summed E-state index contributed by atoms with van der Waals surface area (Å²) in [5.74, 6) is -0.764. The number of aryl methyl sites for hydroxylation is 2. The van der Waals surface area contributed by atoms with Gasteiger partial charge in [0.25, 0.3) is 5.91 Å². The highest BCUT2D eigenvalue weighted by molar-refractivity contribution is 5.94. The predicted molar refractivity (Wildman–Crippen MR) is 85.9 cm³/mol. The second-order valence-corrected chi connectivity index (χ2v) is 6.23. The highest BCUT2D eigenvalue weighted by atomic mass is 16.5. The van der Waals surface area contributed by atoms with Crippen LogP contribution in [0.1, 0.15) is 42.5 Å². The van der Waals surface area contributed by atoms with Crippen molar-refractivity contribution in [2.24, 2.45) is 0 Å². The average molecular weight is 337 g/mol. The summed E-state index contributed by atoms with van der Waals surface area (Å²) in [5, 5.41) is 0. The SMILES string of the molecule is Cc1cc(=O)oc(C)c1C(=O)O[C@@H](C)C(=O)N1C[C@@H](C)O[C@@H](C)C1. The van der Waals surface area contributed by atoms with E-state index in [4.69, 9.17) is 13.9 Å². The normalized spacial score (nSPS) is 22.1. The Morgan fingerprint density at radius 3 is 2.38 bits per heavy atom. The van der Waals surface area contributed by atoms with Crippen LogP contribution < -0.4 is 5.63 Å². The lowest BCUT2D eigenvalue weighted by Crippen LogP contribution is -2.51. The quantitative estimate of drug-likeness (QED) is 0.776. The fourth-order valence-corrected chi connectivity index (χ4v) is 2.95. The van der Waals surface area contributed by atoms with Crippen LogP contribution in [0.3, 0.4) is 0 Å². The van der Waals surface area contributed by atoms with Gasteiger partial charge in [-0.3, -0.25) is 4.79 Å². The summed E-state index contributed by atoms with van der Waals surface area (Å²) in [6.45, 7) is 9.39. The zero-order chi connectivity index (χ0) is 18.0. The van der Waals surface area contributed by atoms with E-state index in [-0.39, 0.29) is 29.4 Å². The molecule has 1 aliphatic rings. The molecule has 1 aromatic rings. The van der Waals surface area contributed by atoms with Crippen molar-refractivity contribution in [3.63, 3.8) is 0 Å². The summed E-state index contributed by atoms with van der Waals surface area (Å²) in [6, 6.07) is 1.22. The molecule has 7 nitrogen and oxygen atoms in total. The van der Waals surface area contributed by atoms with Gasteiger partial charge in [0.05, 0.1) is 12.2 Å². The van der Waals surface area contributed by atoms with Crippen molar-refractivity contribution >= 4 is 11.9 Å². The van der Waals surface area contributed by atoms with Gasteiger partial charge in [-0.05, 0) is 40.2 Å². The number of amides is 1. The van der Waals surface area contributed by atoms with Crippen molar-refractivity contribution in [2.45, 2.75) is 52.9 Å². The predicted octanol–water partition coefficient (Wildman–Crippen LogP) is 1.44. The number of esters is 1. The summed E-state index contributed by atoms with van der Waals surface area (Å²) in [5.41, 5.74) is 0.113. The third-order valence-corrected chi connectivity index (χ3v) is 3.90. The molecule has 0 bridgehead atoms. The fourth-order valence-electron chi connectivity index (χ4n) is 2.95. The van der Waals surface area contributed by atoms with E-state index in [2.05, 4.69) is 0 Å². The Morgan fingerprint density at radius 2 is 1.83 bits per heavy atom. The van der Waals surface area contributed by atoms with Crippen LogP contribution in [0.25, 0.3) is 0 Å². The van der Waals surface area contributed by atoms with Gasteiger partial charge >= 0.3 is 11.6 Å². The first kappa shape index (κ1) is 18.2. The average Bonchev–Trinajstić information content (AvgIpc) is 2.44. The third kappa shape index (κ3) is 4.03. The van der Waals surface area contributed by atoms with Crippen LogP contribution in [0, 0.1) is 13.8 Å². The second kappa shape index (κ2) is 7.17. The molecule has 0 aliphatic carbocycles. The number of rotatable bonds is 3. The fraction of sp³-hybridized carbons (Fsp3) is 0.588. The van der Waals surface area contributed by atoms with Gasteiger partial charge in [-0.25, -0.2) is 9.59 Å². The Balaban J connectivity index is 2.09. The lowest BCUT2D eigenvalue weighted by Gasteiger charge is -2.36. The highest BCUT2D eigenvalue weighted by Gasteiger charge is 2.31. The molecule has 0 N–H and O–H groups in total. The van der Waals surface area contributed by atoms with Crippen molar-refractivity contribution in [1.82, 2.24) is 4.90 Å². The van der Waals surface area contributed by atoms with E-state index >= 15 is 0 Å². The van der Waals surface area contributed by atoms with Gasteiger partial charge < -0.3 is 18.8 Å². The minimum Gasteiger partial charge on any atom is -0.449 e. The van der Waals surface area contributed by atoms with Crippen LogP contribution in [-0.4, -0.2) is 48.2 Å². The van der Waals surface area contributed by atoms with E-state index in [0.29, 0.717) is 18.7 Å². The lowest BCUT2D eigenvalue weighted by molar-refractivity contribution is -0.151. The number of hydrogen-bond donors (Lipinski definition) is 0. The molecule has 0 radical (unpaired) electrons. The van der Waals surface area contributed by atoms with Crippen LogP contribution in [-0.2, 0) is 14.3 Å². The summed E-state index contributed by atoms with van der Waals surface area (Å²) in [7, 11) is 0. The van der Waals surface area contributed by atoms with Crippen LogP contribution in [0.15, 0.2) is 15.3 Å². The van der Waals surface area contributed by atoms with Gasteiger partial charge in [-0.15, -0.1) is 0 Å². The molecule has 7 heteroatoms. The standard InChI is InChI=1S/C17H23NO6/c1-9-6-14(19)23-12(4)15(9)17(21)24-13(5)16(20)18-7-10(2)22-11(3)8-18/h6,10-11,13H,7-8H2,1-5H3/t10-,11+,13-/m0/s1. The molecule has 1 aromatic heterocycles. The van der Waals surface area contributed by atoms with E-state index in [1.807, 2.05) is 13.8 Å². The van der Waals surface area contributed by atoms with Gasteiger partial charge in [0.15, 0.2) is 6.10 Å². The first-order valence-electron chi connectivity index (χ1n) is 7.95. The molecular formula is C17H23NO6. The van der Waals surface area contributed by atoms with Gasteiger partial charge in [0, 0.05) is 19.2 Å². The smallest absolute Gasteiger partial charge is 0.342 e. The Labute approximate surface area is 140 Å². The zero-order valence-electron chi connectivity index (χ0n) is 14.6. The third-order valence-electron chi connectivity index (χ3n) is 3.90. The largest absolute Gasteiger partial charge is 0.449 e. The maximum atomic E-state index is 12.5. The minimum atomic E-state index is -0.930. The number of nitrogens with zero attached hydrogens (tertiary/aromatic N) is 1. The van der Waals surface area contributed by atoms with Crippen LogP contribution in [0.5, 0.6) is 0 Å². The van der Waals surface area contributed by atoms with Crippen molar-refractivity contribution in [2.75, 3.05) is 13.1 Å². The van der Waals surface area contributed by atoms with E-state index in [0.717, 1.165) is 0 Å². The van der Waals surface area contributed by atoms with Crippen LogP contribution >= 0.6 is 0 Å². The first-order valence-corrected chi connectivity index (χ1v) is 7.95. The van der Waals surface area contributed by atoms with Crippen molar-refractivity contribution in [1.29, 1.82) is 0 Å². The Hall–Kier alpha value is -2.15. The molecule has 0 spiro atoms. The molecule has 2 heterocycles. The molecule has 3 atom stereocenters. The van der Waals surface area contributed by atoms with Crippen molar-refractivity contribution in [3.05, 3.63) is 33.4 Å². The highest BCUT2D eigenvalue weighted by Crippen LogP contribution is 2.16. The van der Waals surface area contributed by atoms with Gasteiger partial charge in [-0.2, -0.15) is 0 Å². The van der Waals surface area contributed by atoms with Gasteiger partial charge in [0.1, 0.15) is 11.3 Å². The van der Waals surface area contributed by atoms with E-state index < -0.39 is 17.7 Å². The topological polar surface area (TPSA) is 86.1 Å². The van der Waals surface area contributed by atoms with Gasteiger partial charge in [-0.1, -0.05) is 0 Å². The Bertz CT molecular complexity index is 659. The number of carbonyl (C=O) groups excluding carboxylic acids is 2. The Kier molecular flexibility index (Phi) is 5.43. The number of hydrogen-bond acceptors (Lipinski definition) is 6. The first-order chi connectivity index (χ1) is 11.2. The van der Waals surface area contributed by atoms with Crippen molar-refractivity contribution in [3.8, 4) is 0 Å². The molecule has 2 rings (SSSR count). The van der Waals surface area contributed by atoms with Crippen LogP contribution in [0.4, 0.5) is 0 Å². The summed E-state index contributed by atoms with van der Waals surface area (Å²) in [4.78, 5) is 37.8. The molecule has 1 saturated heterocycles. The van der Waals surface area contributed by atoms with Gasteiger partial charge in [0.2, 0.25) is 0 Å². The molecule has 132 valence electrons. The number of morpholine rings is 1. The molecule has 0 aromatic carbocycles. The zero-order valence-corrected chi connectivity index (χ0v) is 14.6. The molecule has 1 amide bonds. The lowest BCUT2D eigenvalue weighted by atomic mass is 10.1. The summed E-state index contributed by atoms with van der Waals surface area (Å²) in [6.07, 6.45) is -1.05. The molecule has 24 heavy (non-hydrogen) atoms.